The Bertz CT molecular complexity index is 532. The van der Waals surface area contributed by atoms with Gasteiger partial charge in [0.2, 0.25) is 0 Å². The lowest BCUT2D eigenvalue weighted by molar-refractivity contribution is -0.144. The van der Waals surface area contributed by atoms with Gasteiger partial charge in [-0.2, -0.15) is 13.2 Å². The van der Waals surface area contributed by atoms with E-state index in [1.807, 2.05) is 0 Å². The molecule has 0 amide bonds. The standard InChI is InChI=1S/C14H18F4N2O2/c1-7(2)11(13(21)22-3)20-12(19)9-6-8(14(16,17)18)4-5-10(9)15/h4-7,11-12,20H,19H2,1-3H3/t11-,12?/m1/s1. The molecule has 1 aromatic rings. The normalized spacial score (nSPS) is 14.8. The van der Waals surface area contributed by atoms with Crippen molar-refractivity contribution in [3.05, 3.63) is 35.1 Å². The van der Waals surface area contributed by atoms with Crippen LogP contribution in [0.3, 0.4) is 0 Å². The van der Waals surface area contributed by atoms with E-state index in [1.165, 1.54) is 7.11 Å². The number of methoxy groups -OCH3 is 1. The fourth-order valence-electron chi connectivity index (χ4n) is 1.90. The highest BCUT2D eigenvalue weighted by Gasteiger charge is 2.32. The molecule has 0 aliphatic rings. The Morgan fingerprint density at radius 3 is 2.36 bits per heavy atom. The van der Waals surface area contributed by atoms with Crippen LogP contribution in [0.5, 0.6) is 0 Å². The van der Waals surface area contributed by atoms with Crippen LogP contribution in [0.25, 0.3) is 0 Å². The maximum Gasteiger partial charge on any atom is 0.416 e. The fourth-order valence-corrected chi connectivity index (χ4v) is 1.90. The third-order valence-electron chi connectivity index (χ3n) is 3.14. The summed E-state index contributed by atoms with van der Waals surface area (Å²) < 4.78 is 56.4. The number of benzene rings is 1. The van der Waals surface area contributed by atoms with Crippen molar-refractivity contribution in [3.63, 3.8) is 0 Å². The molecule has 1 aromatic carbocycles. The molecule has 0 bridgehead atoms. The molecule has 0 fully saturated rings. The lowest BCUT2D eigenvalue weighted by atomic mass is 10.0. The Balaban J connectivity index is 3.06. The number of hydrogen-bond donors (Lipinski definition) is 2. The molecule has 0 aliphatic heterocycles. The van der Waals surface area contributed by atoms with Crippen molar-refractivity contribution in [3.8, 4) is 0 Å². The molecule has 1 rings (SSSR count). The molecule has 0 heterocycles. The van der Waals surface area contributed by atoms with Crippen molar-refractivity contribution in [2.24, 2.45) is 11.7 Å². The molecule has 8 heteroatoms. The zero-order valence-electron chi connectivity index (χ0n) is 12.4. The molecule has 0 radical (unpaired) electrons. The molecule has 0 saturated carbocycles. The Hall–Kier alpha value is -1.67. The van der Waals surface area contributed by atoms with E-state index >= 15 is 0 Å². The van der Waals surface area contributed by atoms with Gasteiger partial charge in [-0.1, -0.05) is 13.8 Å². The number of nitrogens with two attached hydrogens (primary N) is 1. The van der Waals surface area contributed by atoms with E-state index in [9.17, 15) is 22.4 Å². The van der Waals surface area contributed by atoms with Gasteiger partial charge in [0.25, 0.3) is 0 Å². The van der Waals surface area contributed by atoms with Crippen molar-refractivity contribution < 1.29 is 27.1 Å². The summed E-state index contributed by atoms with van der Waals surface area (Å²) in [7, 11) is 1.18. The van der Waals surface area contributed by atoms with Crippen molar-refractivity contribution in [2.75, 3.05) is 7.11 Å². The molecule has 0 aliphatic carbocycles. The Morgan fingerprint density at radius 2 is 1.91 bits per heavy atom. The molecule has 0 saturated heterocycles. The SMILES string of the molecule is COC(=O)[C@H](NC(N)c1cc(C(F)(F)F)ccc1F)C(C)C. The first-order valence-corrected chi connectivity index (χ1v) is 6.54. The van der Waals surface area contributed by atoms with E-state index in [-0.39, 0.29) is 11.5 Å². The predicted octanol–water partition coefficient (Wildman–Crippen LogP) is 2.59. The van der Waals surface area contributed by atoms with E-state index in [1.54, 1.807) is 13.8 Å². The zero-order valence-corrected chi connectivity index (χ0v) is 12.4. The average Bonchev–Trinajstić information content (AvgIpc) is 2.42. The van der Waals surface area contributed by atoms with Gasteiger partial charge in [0, 0.05) is 5.56 Å². The van der Waals surface area contributed by atoms with Crippen LogP contribution in [0.15, 0.2) is 18.2 Å². The first kappa shape index (κ1) is 18.4. The van der Waals surface area contributed by atoms with Crippen molar-refractivity contribution >= 4 is 5.97 Å². The van der Waals surface area contributed by atoms with Crippen LogP contribution in [-0.4, -0.2) is 19.1 Å². The number of ether oxygens (including phenoxy) is 1. The van der Waals surface area contributed by atoms with Crippen molar-refractivity contribution in [1.82, 2.24) is 5.32 Å². The van der Waals surface area contributed by atoms with E-state index < -0.39 is 35.7 Å². The number of esters is 1. The fraction of sp³-hybridized carbons (Fsp3) is 0.500. The van der Waals surface area contributed by atoms with Crippen LogP contribution in [0.4, 0.5) is 17.6 Å². The van der Waals surface area contributed by atoms with Crippen molar-refractivity contribution in [1.29, 1.82) is 0 Å². The van der Waals surface area contributed by atoms with E-state index in [0.29, 0.717) is 18.2 Å². The summed E-state index contributed by atoms with van der Waals surface area (Å²) >= 11 is 0. The zero-order chi connectivity index (χ0) is 17.1. The molecule has 0 aromatic heterocycles. The Kier molecular flexibility index (Phi) is 5.90. The number of carbonyl (C=O) groups is 1. The van der Waals surface area contributed by atoms with Crippen LogP contribution in [-0.2, 0) is 15.7 Å². The van der Waals surface area contributed by atoms with Crippen molar-refractivity contribution in [2.45, 2.75) is 32.2 Å². The molecule has 2 atom stereocenters. The number of rotatable bonds is 5. The summed E-state index contributed by atoms with van der Waals surface area (Å²) in [6, 6.07) is 1.09. The molecule has 3 N–H and O–H groups in total. The molecule has 124 valence electrons. The van der Waals surface area contributed by atoms with Crippen LogP contribution in [0.2, 0.25) is 0 Å². The smallest absolute Gasteiger partial charge is 0.416 e. The highest BCUT2D eigenvalue weighted by Crippen LogP contribution is 2.31. The van der Waals surface area contributed by atoms with E-state index in [0.717, 1.165) is 0 Å². The summed E-state index contributed by atoms with van der Waals surface area (Å²) in [6.45, 7) is 3.40. The van der Waals surface area contributed by atoms with Gasteiger partial charge in [-0.05, 0) is 24.1 Å². The van der Waals surface area contributed by atoms with Gasteiger partial charge >= 0.3 is 12.1 Å². The molecule has 1 unspecified atom stereocenters. The van der Waals surface area contributed by atoms with Gasteiger partial charge in [0.15, 0.2) is 0 Å². The Labute approximate surface area is 125 Å². The highest BCUT2D eigenvalue weighted by atomic mass is 19.4. The van der Waals surface area contributed by atoms with Gasteiger partial charge in [0.05, 0.1) is 18.8 Å². The van der Waals surface area contributed by atoms with Gasteiger partial charge < -0.3 is 10.5 Å². The molecule has 0 spiro atoms. The first-order valence-electron chi connectivity index (χ1n) is 6.54. The van der Waals surface area contributed by atoms with Crippen LogP contribution in [0, 0.1) is 11.7 Å². The summed E-state index contributed by atoms with van der Waals surface area (Å²) in [4.78, 5) is 11.6. The maximum absolute atomic E-state index is 13.7. The lowest BCUT2D eigenvalue weighted by Crippen LogP contribution is -2.46. The summed E-state index contributed by atoms with van der Waals surface area (Å²) in [5.74, 6) is -1.76. The second kappa shape index (κ2) is 7.06. The number of halogens is 4. The third kappa shape index (κ3) is 4.41. The van der Waals surface area contributed by atoms with Gasteiger partial charge in [-0.25, -0.2) is 4.39 Å². The number of alkyl halides is 3. The number of carbonyl (C=O) groups excluding carboxylic acids is 1. The minimum atomic E-state index is -4.61. The first-order chi connectivity index (χ1) is 10.1. The number of hydrogen-bond acceptors (Lipinski definition) is 4. The predicted molar refractivity (Wildman–Crippen MR) is 72.1 cm³/mol. The largest absolute Gasteiger partial charge is 0.468 e. The molecular weight excluding hydrogens is 304 g/mol. The average molecular weight is 322 g/mol. The number of nitrogens with one attached hydrogen (secondary N) is 1. The maximum atomic E-state index is 13.7. The van der Waals surface area contributed by atoms with Gasteiger partial charge in [-0.3, -0.25) is 10.1 Å². The minimum Gasteiger partial charge on any atom is -0.468 e. The lowest BCUT2D eigenvalue weighted by Gasteiger charge is -2.25. The minimum absolute atomic E-state index is 0.243. The van der Waals surface area contributed by atoms with Crippen LogP contribution < -0.4 is 11.1 Å². The molecular formula is C14H18F4N2O2. The summed E-state index contributed by atoms with van der Waals surface area (Å²) in [6.07, 6.45) is -5.89. The van der Waals surface area contributed by atoms with E-state index in [4.69, 9.17) is 5.73 Å². The van der Waals surface area contributed by atoms with Gasteiger partial charge in [-0.15, -0.1) is 0 Å². The second-order valence-corrected chi connectivity index (χ2v) is 5.12. The molecule has 22 heavy (non-hydrogen) atoms. The molecule has 4 nitrogen and oxygen atoms in total. The van der Waals surface area contributed by atoms with Gasteiger partial charge in [0.1, 0.15) is 11.9 Å². The second-order valence-electron chi connectivity index (χ2n) is 5.12. The van der Waals surface area contributed by atoms with E-state index in [2.05, 4.69) is 10.1 Å². The van der Waals surface area contributed by atoms with Crippen LogP contribution >= 0.6 is 0 Å². The third-order valence-corrected chi connectivity index (χ3v) is 3.14. The topological polar surface area (TPSA) is 64.3 Å². The summed E-state index contributed by atoms with van der Waals surface area (Å²) in [5, 5.41) is 2.60. The highest BCUT2D eigenvalue weighted by molar-refractivity contribution is 5.76. The quantitative estimate of drug-likeness (QED) is 0.497. The summed E-state index contributed by atoms with van der Waals surface area (Å²) in [5.41, 5.74) is 4.33. The van der Waals surface area contributed by atoms with Crippen LogP contribution in [0.1, 0.15) is 31.1 Å². The Morgan fingerprint density at radius 1 is 1.32 bits per heavy atom. The monoisotopic (exact) mass is 322 g/mol.